The number of likely N-dealkylation sites (tertiary alicyclic amines) is 2. The second kappa shape index (κ2) is 44.8. The van der Waals surface area contributed by atoms with Crippen LogP contribution in [-0.4, -0.2) is 289 Å². The van der Waals surface area contributed by atoms with E-state index in [2.05, 4.69) is 96.0 Å². The fraction of sp³-hybridized carbons (Fsp3) is 0.623. The summed E-state index contributed by atoms with van der Waals surface area (Å²) in [5.74, 6) is -16.9. The zero-order valence-electron chi connectivity index (χ0n) is 58.0. The number of imidazole rings is 2. The molecular formula is C61H97N23O20S. The molecule has 43 nitrogen and oxygen atoms in total. The number of unbranched alkanes of at least 4 members (excludes halogenated alkanes) is 1. The van der Waals surface area contributed by atoms with Crippen LogP contribution in [0.4, 0.5) is 0 Å². The Hall–Kier alpha value is -10.6. The van der Waals surface area contributed by atoms with Crippen molar-refractivity contribution in [2.24, 2.45) is 33.8 Å². The molecule has 2 fully saturated rings. The molecule has 0 aromatic carbocycles. The molecule has 2 aliphatic heterocycles. The minimum absolute atomic E-state index is 0.00431. The first-order chi connectivity index (χ1) is 49.9. The number of guanidine groups is 1. The molecule has 0 spiro atoms. The summed E-state index contributed by atoms with van der Waals surface area (Å²) in [5.41, 5.74) is 23.7. The van der Waals surface area contributed by atoms with E-state index in [1.165, 1.54) is 34.8 Å². The van der Waals surface area contributed by atoms with Crippen LogP contribution in [0.1, 0.15) is 95.9 Å². The number of carbonyl (C=O) groups excluding carboxylic acids is 14. The van der Waals surface area contributed by atoms with Gasteiger partial charge in [-0.2, -0.15) is 12.6 Å². The molecule has 0 unspecified atom stereocenters. The van der Waals surface area contributed by atoms with Gasteiger partial charge in [0.1, 0.15) is 60.4 Å². The number of aromatic nitrogens is 4. The zero-order chi connectivity index (χ0) is 77.9. The van der Waals surface area contributed by atoms with Gasteiger partial charge in [-0.3, -0.25) is 76.9 Å². The van der Waals surface area contributed by atoms with Crippen LogP contribution >= 0.6 is 12.6 Å². The summed E-state index contributed by atoms with van der Waals surface area (Å²) in [7, 11) is 0. The van der Waals surface area contributed by atoms with Gasteiger partial charge < -0.3 is 127 Å². The number of thiol groups is 1. The predicted molar refractivity (Wildman–Crippen MR) is 370 cm³/mol. The summed E-state index contributed by atoms with van der Waals surface area (Å²) in [5, 5.41) is 66.2. The number of H-pyrrole nitrogens is 2. The van der Waals surface area contributed by atoms with Gasteiger partial charge in [0, 0.05) is 62.0 Å². The number of aliphatic carboxylic acids is 2. The van der Waals surface area contributed by atoms with Crippen molar-refractivity contribution in [1.82, 2.24) is 93.5 Å². The highest BCUT2D eigenvalue weighted by atomic mass is 32.1. The highest BCUT2D eigenvalue weighted by Gasteiger charge is 2.43. The number of rotatable bonds is 46. The molecule has 4 rings (SSSR count). The number of amides is 14. The lowest BCUT2D eigenvalue weighted by molar-refractivity contribution is -0.143. The SMILES string of the molecule is CC(C)C[C@H](NC(=O)[C@H](Cc1cnc[nH]1)NC(=O)[C@@H]1CCCN1C(=O)[C@H](Cc1cnc[nH]1)NC(=O)[C@@H](N)CCCCN)C(=O)N1CCC[C@H]1C(=O)N[C@@H](CCCN=C(N)N)C(=O)N[C@@H](CC(=O)O)C(=O)NCC(=O)NCC(=O)N[C@@H](CO)C(=O)N[C@@H](CO)C(=O)NCC(=O)NCC(=O)N[C@@H](CS)C(=O)O. The number of hydrogen-bond acceptors (Lipinski definition) is 24. The molecule has 2 aromatic heterocycles. The van der Waals surface area contributed by atoms with Gasteiger partial charge in [0.25, 0.3) is 0 Å². The van der Waals surface area contributed by atoms with Crippen molar-refractivity contribution in [3.63, 3.8) is 0 Å². The number of hydrogen-bond donors (Lipinski definition) is 23. The van der Waals surface area contributed by atoms with Crippen LogP contribution in [0.15, 0.2) is 30.0 Å². The van der Waals surface area contributed by atoms with Gasteiger partial charge >= 0.3 is 11.9 Å². The van der Waals surface area contributed by atoms with E-state index in [4.69, 9.17) is 28.0 Å². The highest BCUT2D eigenvalue weighted by molar-refractivity contribution is 7.80. The summed E-state index contributed by atoms with van der Waals surface area (Å²) in [6, 6.07) is -15.6. The molecule has 582 valence electrons. The monoisotopic (exact) mass is 1500 g/mol. The Morgan fingerprint density at radius 3 is 1.50 bits per heavy atom. The van der Waals surface area contributed by atoms with Gasteiger partial charge in [-0.25, -0.2) is 14.8 Å². The van der Waals surface area contributed by atoms with Gasteiger partial charge in [-0.05, 0) is 70.3 Å². The average Bonchev–Trinajstić information content (AvgIpc) is 1.72. The van der Waals surface area contributed by atoms with E-state index in [0.717, 1.165) is 0 Å². The number of carbonyl (C=O) groups is 16. The molecule has 105 heavy (non-hydrogen) atoms. The smallest absolute Gasteiger partial charge is 0.327 e. The molecule has 2 aliphatic rings. The summed E-state index contributed by atoms with van der Waals surface area (Å²) in [6.07, 6.45) is 6.59. The fourth-order valence-electron chi connectivity index (χ4n) is 10.9. The first-order valence-corrected chi connectivity index (χ1v) is 34.4. The maximum absolute atomic E-state index is 14.8. The molecule has 14 amide bonds. The van der Waals surface area contributed by atoms with E-state index < -0.39 is 207 Å². The third-order valence-corrected chi connectivity index (χ3v) is 16.7. The van der Waals surface area contributed by atoms with E-state index in [-0.39, 0.29) is 88.6 Å². The second-order valence-corrected chi connectivity index (χ2v) is 25.4. The van der Waals surface area contributed by atoms with Gasteiger partial charge in [0.05, 0.1) is 64.5 Å². The maximum Gasteiger partial charge on any atom is 0.327 e. The fourth-order valence-corrected chi connectivity index (χ4v) is 11.1. The largest absolute Gasteiger partial charge is 0.481 e. The third kappa shape index (κ3) is 30.0. The van der Waals surface area contributed by atoms with Crippen molar-refractivity contribution in [2.75, 3.05) is 71.3 Å². The Bertz CT molecular complexity index is 3340. The number of carboxylic acids is 2. The average molecular weight is 1500 g/mol. The number of aliphatic imine (C=N–C) groups is 1. The molecule has 26 N–H and O–H groups in total. The zero-order valence-corrected chi connectivity index (χ0v) is 58.9. The summed E-state index contributed by atoms with van der Waals surface area (Å²) in [6.45, 7) is -1.50. The molecular weight excluding hydrogens is 1410 g/mol. The van der Waals surface area contributed by atoms with Gasteiger partial charge in [0.15, 0.2) is 5.96 Å². The van der Waals surface area contributed by atoms with Gasteiger partial charge in [0.2, 0.25) is 82.7 Å². The standard InChI is InChI=1S/C61H97N23O20S/c1-31(2)16-38(81-54(97)36(17-32-20-66-29-73-32)79-57(100)44-11-7-15-84(44)59(102)39(18-33-21-67-30-74-33)80-50(93)34(63)8-3-4-12-62)58(101)83-14-6-10-43(83)56(99)77-35(9-5-13-68-61(64)65)53(96)78-37(19-49(91)92)51(94)71-22-45(87)69-24-47(89)75-41(27-86)55(98)82-40(26-85)52(95)72-23-46(88)70-25-48(90)76-42(28-105)60(103)104/h20-21,29-31,34-44,85-86,105H,3-19,22-28,62-63H2,1-2H3,(H,66,73)(H,67,74)(H,69,87)(H,70,88)(H,71,94)(H,72,95)(H,75,89)(H,76,90)(H,77,99)(H,78,96)(H,79,100)(H,80,93)(H,81,97)(H,82,98)(H,91,92)(H,103,104)(H4,64,65,68)/t34-,35-,36-,37-,38-,39-,40-,41-,42-,43-,44-/m0/s1. The summed E-state index contributed by atoms with van der Waals surface area (Å²) in [4.78, 5) is 233. The van der Waals surface area contributed by atoms with Crippen LogP contribution < -0.4 is 86.7 Å². The second-order valence-electron chi connectivity index (χ2n) is 25.0. The summed E-state index contributed by atoms with van der Waals surface area (Å²) >= 11 is 3.80. The van der Waals surface area contributed by atoms with E-state index in [1.807, 2.05) is 5.32 Å². The normalized spacial score (nSPS) is 16.5. The van der Waals surface area contributed by atoms with E-state index in [1.54, 1.807) is 13.8 Å². The van der Waals surface area contributed by atoms with Crippen LogP contribution in [-0.2, 0) is 89.6 Å². The van der Waals surface area contributed by atoms with Crippen molar-refractivity contribution in [2.45, 2.75) is 164 Å². The molecule has 11 atom stereocenters. The number of nitrogens with two attached hydrogens (primary N) is 4. The van der Waals surface area contributed by atoms with Crippen molar-refractivity contribution in [3.8, 4) is 0 Å². The van der Waals surface area contributed by atoms with Crippen LogP contribution in [0.2, 0.25) is 0 Å². The Balaban J connectivity index is 1.41. The number of nitrogens with one attached hydrogen (secondary N) is 14. The lowest BCUT2D eigenvalue weighted by Gasteiger charge is -2.32. The minimum Gasteiger partial charge on any atom is -0.481 e. The Morgan fingerprint density at radius 2 is 1.01 bits per heavy atom. The first-order valence-electron chi connectivity index (χ1n) is 33.7. The number of aromatic amines is 2. The van der Waals surface area contributed by atoms with Crippen LogP contribution in [0.25, 0.3) is 0 Å². The topological polar surface area (TPSA) is 679 Å². The third-order valence-electron chi connectivity index (χ3n) is 16.3. The number of aliphatic hydroxyl groups is 2. The van der Waals surface area contributed by atoms with Crippen molar-refractivity contribution in [3.05, 3.63) is 36.4 Å². The van der Waals surface area contributed by atoms with Crippen LogP contribution in [0, 0.1) is 5.92 Å². The van der Waals surface area contributed by atoms with Crippen molar-refractivity contribution >= 4 is 113 Å². The lowest BCUT2D eigenvalue weighted by Crippen LogP contribution is -2.60. The van der Waals surface area contributed by atoms with Gasteiger partial charge in [-0.1, -0.05) is 20.3 Å². The number of nitrogens with zero attached hydrogens (tertiary/aromatic N) is 5. The molecule has 4 heterocycles. The van der Waals surface area contributed by atoms with E-state index >= 15 is 0 Å². The summed E-state index contributed by atoms with van der Waals surface area (Å²) < 4.78 is 0. The Morgan fingerprint density at radius 1 is 0.552 bits per heavy atom. The number of aliphatic hydroxyl groups excluding tert-OH is 2. The quantitative estimate of drug-likeness (QED) is 0.0127. The van der Waals surface area contributed by atoms with E-state index in [9.17, 15) is 92.0 Å². The lowest BCUT2D eigenvalue weighted by atomic mass is 10.0. The van der Waals surface area contributed by atoms with Crippen LogP contribution in [0.3, 0.4) is 0 Å². The molecule has 2 saturated heterocycles. The molecule has 0 radical (unpaired) electrons. The molecule has 44 heteroatoms. The van der Waals surface area contributed by atoms with Crippen molar-refractivity contribution in [1.29, 1.82) is 0 Å². The van der Waals surface area contributed by atoms with Crippen molar-refractivity contribution < 1.29 is 97.1 Å². The molecule has 2 aromatic rings. The van der Waals surface area contributed by atoms with Gasteiger partial charge in [-0.15, -0.1) is 0 Å². The van der Waals surface area contributed by atoms with E-state index in [0.29, 0.717) is 43.6 Å². The Labute approximate surface area is 607 Å². The minimum atomic E-state index is -1.93. The Kier molecular flexibility index (Phi) is 37.0. The predicted octanol–water partition coefficient (Wildman–Crippen LogP) is -10.7. The molecule has 0 saturated carbocycles. The number of carboxylic acid groups (broad SMARTS) is 2. The highest BCUT2D eigenvalue weighted by Crippen LogP contribution is 2.23. The molecule has 0 aliphatic carbocycles. The molecule has 0 bridgehead atoms. The van der Waals surface area contributed by atoms with Crippen LogP contribution in [0.5, 0.6) is 0 Å². The maximum atomic E-state index is 14.8. The first kappa shape index (κ1) is 86.8.